The molecule has 1 aliphatic heterocycles. The van der Waals surface area contributed by atoms with Gasteiger partial charge in [-0.1, -0.05) is 35.5 Å². The SMILES string of the molecule is COCCCN(Cc1c(-c2ccccc2)noc1N1CCCCC1C)C(=S)Nc1ccc(F)cc1. The Morgan fingerprint density at radius 3 is 2.69 bits per heavy atom. The molecule has 1 unspecified atom stereocenters. The number of nitrogens with zero attached hydrogens (tertiary/aromatic N) is 3. The number of piperidine rings is 1. The second-order valence-corrected chi connectivity index (χ2v) is 9.31. The third-order valence-electron chi connectivity index (χ3n) is 6.39. The molecule has 2 heterocycles. The molecule has 1 N–H and O–H groups in total. The predicted octanol–water partition coefficient (Wildman–Crippen LogP) is 6.10. The van der Waals surface area contributed by atoms with Gasteiger partial charge in [0.1, 0.15) is 11.5 Å². The third-order valence-corrected chi connectivity index (χ3v) is 6.75. The molecular formula is C27H33FN4O2S. The molecule has 6 nitrogen and oxygen atoms in total. The summed E-state index contributed by atoms with van der Waals surface area (Å²) in [6, 6.07) is 16.7. The van der Waals surface area contributed by atoms with E-state index in [1.807, 2.05) is 18.2 Å². The van der Waals surface area contributed by atoms with Crippen molar-refractivity contribution in [2.24, 2.45) is 0 Å². The number of benzene rings is 2. The van der Waals surface area contributed by atoms with Gasteiger partial charge in [-0.3, -0.25) is 0 Å². The summed E-state index contributed by atoms with van der Waals surface area (Å²) < 4.78 is 24.7. The Morgan fingerprint density at radius 1 is 1.20 bits per heavy atom. The maximum atomic E-state index is 13.4. The van der Waals surface area contributed by atoms with Gasteiger partial charge in [0.25, 0.3) is 0 Å². The van der Waals surface area contributed by atoms with E-state index < -0.39 is 0 Å². The lowest BCUT2D eigenvalue weighted by atomic mass is 10.0. The van der Waals surface area contributed by atoms with Crippen LogP contribution in [0.3, 0.4) is 0 Å². The van der Waals surface area contributed by atoms with Crippen LogP contribution in [0.25, 0.3) is 11.3 Å². The van der Waals surface area contributed by atoms with Gasteiger partial charge in [-0.05, 0) is 69.1 Å². The molecule has 35 heavy (non-hydrogen) atoms. The van der Waals surface area contributed by atoms with E-state index in [-0.39, 0.29) is 5.82 Å². The predicted molar refractivity (Wildman–Crippen MR) is 142 cm³/mol. The molecular weight excluding hydrogens is 463 g/mol. The Balaban J connectivity index is 1.66. The maximum Gasteiger partial charge on any atom is 0.233 e. The molecule has 186 valence electrons. The van der Waals surface area contributed by atoms with Crippen LogP contribution in [0.5, 0.6) is 0 Å². The molecule has 0 aliphatic carbocycles. The Morgan fingerprint density at radius 2 is 1.97 bits per heavy atom. The van der Waals surface area contributed by atoms with Crippen molar-refractivity contribution in [3.8, 4) is 11.3 Å². The van der Waals surface area contributed by atoms with Crippen LogP contribution in [0.15, 0.2) is 59.1 Å². The summed E-state index contributed by atoms with van der Waals surface area (Å²) in [7, 11) is 1.70. The number of anilines is 2. The summed E-state index contributed by atoms with van der Waals surface area (Å²) in [6.07, 6.45) is 4.29. The topological polar surface area (TPSA) is 53.8 Å². The maximum absolute atomic E-state index is 13.4. The lowest BCUT2D eigenvalue weighted by Crippen LogP contribution is -2.39. The van der Waals surface area contributed by atoms with E-state index >= 15 is 0 Å². The molecule has 2 aromatic carbocycles. The molecule has 4 rings (SSSR count). The summed E-state index contributed by atoms with van der Waals surface area (Å²) in [5, 5.41) is 8.35. The van der Waals surface area contributed by atoms with Crippen LogP contribution in [0.2, 0.25) is 0 Å². The van der Waals surface area contributed by atoms with Crippen molar-refractivity contribution in [3.05, 3.63) is 66.0 Å². The summed E-state index contributed by atoms with van der Waals surface area (Å²) >= 11 is 5.81. The fraction of sp³-hybridized carbons (Fsp3) is 0.407. The average Bonchev–Trinajstić information content (AvgIpc) is 3.29. The zero-order chi connectivity index (χ0) is 24.6. The van der Waals surface area contributed by atoms with Crippen molar-refractivity contribution in [3.63, 3.8) is 0 Å². The molecule has 1 fully saturated rings. The smallest absolute Gasteiger partial charge is 0.233 e. The monoisotopic (exact) mass is 496 g/mol. The molecule has 0 saturated carbocycles. The van der Waals surface area contributed by atoms with Crippen LogP contribution < -0.4 is 10.2 Å². The van der Waals surface area contributed by atoms with Crippen molar-refractivity contribution >= 4 is 28.9 Å². The number of methoxy groups -OCH3 is 1. The highest BCUT2D eigenvalue weighted by Gasteiger charge is 2.29. The van der Waals surface area contributed by atoms with Gasteiger partial charge in [-0.2, -0.15) is 0 Å². The normalized spacial score (nSPS) is 15.7. The van der Waals surface area contributed by atoms with E-state index in [9.17, 15) is 4.39 Å². The molecule has 0 bridgehead atoms. The van der Waals surface area contributed by atoms with Crippen molar-refractivity contribution in [1.82, 2.24) is 10.1 Å². The Hall–Kier alpha value is -2.97. The minimum Gasteiger partial charge on any atom is -0.385 e. The Labute approximate surface area is 212 Å². The Kier molecular flexibility index (Phi) is 8.71. The lowest BCUT2D eigenvalue weighted by Gasteiger charge is -2.34. The molecule has 0 radical (unpaired) electrons. The first-order valence-corrected chi connectivity index (χ1v) is 12.6. The summed E-state index contributed by atoms with van der Waals surface area (Å²) in [5.74, 6) is 0.535. The number of ether oxygens (including phenoxy) is 1. The molecule has 1 aliphatic rings. The van der Waals surface area contributed by atoms with Crippen molar-refractivity contribution in [2.75, 3.05) is 37.0 Å². The second-order valence-electron chi connectivity index (χ2n) is 8.92. The number of aromatic nitrogens is 1. The van der Waals surface area contributed by atoms with Gasteiger partial charge in [0, 0.05) is 44.1 Å². The van der Waals surface area contributed by atoms with Gasteiger partial charge in [-0.25, -0.2) is 4.39 Å². The van der Waals surface area contributed by atoms with E-state index in [1.165, 1.54) is 18.6 Å². The van der Waals surface area contributed by atoms with Crippen LogP contribution in [0.4, 0.5) is 16.0 Å². The highest BCUT2D eigenvalue weighted by Crippen LogP contribution is 2.35. The Bertz CT molecular complexity index is 1090. The minimum atomic E-state index is -0.282. The quantitative estimate of drug-likeness (QED) is 0.284. The number of hydrogen-bond donors (Lipinski definition) is 1. The molecule has 0 amide bonds. The van der Waals surface area contributed by atoms with Crippen LogP contribution >= 0.6 is 12.2 Å². The van der Waals surface area contributed by atoms with Crippen LogP contribution in [-0.4, -0.2) is 48.0 Å². The van der Waals surface area contributed by atoms with E-state index in [2.05, 4.69) is 39.3 Å². The van der Waals surface area contributed by atoms with Gasteiger partial charge in [-0.15, -0.1) is 0 Å². The zero-order valence-corrected chi connectivity index (χ0v) is 21.2. The van der Waals surface area contributed by atoms with E-state index in [0.717, 1.165) is 54.2 Å². The van der Waals surface area contributed by atoms with E-state index in [4.69, 9.17) is 21.5 Å². The third kappa shape index (κ3) is 6.38. The molecule has 1 atom stereocenters. The molecule has 1 saturated heterocycles. The van der Waals surface area contributed by atoms with Gasteiger partial charge < -0.3 is 24.4 Å². The lowest BCUT2D eigenvalue weighted by molar-refractivity contribution is 0.185. The van der Waals surface area contributed by atoms with Gasteiger partial charge in [0.05, 0.1) is 12.1 Å². The number of rotatable bonds is 9. The number of thiocarbonyl (C=S) groups is 1. The van der Waals surface area contributed by atoms with E-state index in [0.29, 0.717) is 30.9 Å². The van der Waals surface area contributed by atoms with Crippen molar-refractivity contribution in [1.29, 1.82) is 0 Å². The van der Waals surface area contributed by atoms with Crippen LogP contribution in [0.1, 0.15) is 38.2 Å². The van der Waals surface area contributed by atoms with Crippen LogP contribution in [-0.2, 0) is 11.3 Å². The summed E-state index contributed by atoms with van der Waals surface area (Å²) in [6.45, 7) is 5.03. The standard InChI is InChI=1S/C27H33FN4O2S/c1-20-9-6-7-17-32(20)26-24(25(30-34-26)21-10-4-3-5-11-21)19-31(16-8-18-33-2)27(35)29-23-14-12-22(28)13-15-23/h3-5,10-15,20H,6-9,16-19H2,1-2H3,(H,29,35). The summed E-state index contributed by atoms with van der Waals surface area (Å²) in [5.41, 5.74) is 3.60. The first kappa shape index (κ1) is 25.1. The first-order chi connectivity index (χ1) is 17.1. The van der Waals surface area contributed by atoms with Crippen LogP contribution in [0, 0.1) is 5.82 Å². The highest BCUT2D eigenvalue weighted by atomic mass is 32.1. The first-order valence-electron chi connectivity index (χ1n) is 12.2. The van der Waals surface area contributed by atoms with E-state index in [1.54, 1.807) is 19.2 Å². The van der Waals surface area contributed by atoms with Crippen molar-refractivity contribution in [2.45, 2.75) is 45.2 Å². The second kappa shape index (κ2) is 12.1. The number of hydrogen-bond acceptors (Lipinski definition) is 5. The fourth-order valence-corrected chi connectivity index (χ4v) is 4.74. The van der Waals surface area contributed by atoms with Gasteiger partial charge in [0.15, 0.2) is 5.11 Å². The average molecular weight is 497 g/mol. The molecule has 1 aromatic heterocycles. The van der Waals surface area contributed by atoms with Crippen molar-refractivity contribution < 1.29 is 13.7 Å². The summed E-state index contributed by atoms with van der Waals surface area (Å²) in [4.78, 5) is 4.44. The molecule has 0 spiro atoms. The highest BCUT2D eigenvalue weighted by molar-refractivity contribution is 7.80. The number of halogens is 1. The molecule has 3 aromatic rings. The largest absolute Gasteiger partial charge is 0.385 e. The number of nitrogens with one attached hydrogen (secondary N) is 1. The van der Waals surface area contributed by atoms with Gasteiger partial charge in [0.2, 0.25) is 5.88 Å². The minimum absolute atomic E-state index is 0.282. The molecule has 8 heteroatoms. The fourth-order valence-electron chi connectivity index (χ4n) is 4.47. The van der Waals surface area contributed by atoms with Gasteiger partial charge >= 0.3 is 0 Å². The zero-order valence-electron chi connectivity index (χ0n) is 20.4.